The Labute approximate surface area is 137 Å². The Morgan fingerprint density at radius 1 is 1.35 bits per heavy atom. The van der Waals surface area contributed by atoms with E-state index in [4.69, 9.17) is 9.47 Å². The smallest absolute Gasteiger partial charge is 0.251 e. The molecular formula is C15H17N3O4S. The number of carbonyl (C=O) groups is 1. The first kappa shape index (κ1) is 17.0. The van der Waals surface area contributed by atoms with E-state index in [9.17, 15) is 9.59 Å². The molecule has 122 valence electrons. The molecule has 1 heterocycles. The highest BCUT2D eigenvalue weighted by atomic mass is 32.2. The molecule has 0 aliphatic heterocycles. The molecule has 0 atom stereocenters. The first-order chi connectivity index (χ1) is 11.1. The fourth-order valence-electron chi connectivity index (χ4n) is 1.84. The van der Waals surface area contributed by atoms with Crippen LogP contribution in [0.5, 0.6) is 5.75 Å². The molecule has 0 bridgehead atoms. The zero-order valence-corrected chi connectivity index (χ0v) is 13.6. The van der Waals surface area contributed by atoms with Crippen LogP contribution in [0, 0.1) is 0 Å². The maximum absolute atomic E-state index is 12.0. The Bertz CT molecular complexity index is 733. The molecule has 0 saturated carbocycles. The van der Waals surface area contributed by atoms with E-state index in [1.807, 2.05) is 6.07 Å². The maximum atomic E-state index is 12.0. The summed E-state index contributed by atoms with van der Waals surface area (Å²) >= 11 is 1.14. The minimum absolute atomic E-state index is 0.109. The van der Waals surface area contributed by atoms with Crippen molar-refractivity contribution in [2.24, 2.45) is 0 Å². The number of carbonyl (C=O) groups excluding carboxylic acids is 1. The van der Waals surface area contributed by atoms with Crippen molar-refractivity contribution in [3.63, 3.8) is 0 Å². The van der Waals surface area contributed by atoms with E-state index in [0.717, 1.165) is 11.8 Å². The van der Waals surface area contributed by atoms with Crippen LogP contribution in [0.15, 0.2) is 40.3 Å². The van der Waals surface area contributed by atoms with Crippen molar-refractivity contribution in [3.05, 3.63) is 46.4 Å². The molecule has 0 saturated heterocycles. The minimum atomic E-state index is -0.278. The van der Waals surface area contributed by atoms with E-state index in [0.29, 0.717) is 22.3 Å². The zero-order chi connectivity index (χ0) is 16.7. The second-order valence-electron chi connectivity index (χ2n) is 4.51. The third kappa shape index (κ3) is 5.11. The molecular weight excluding hydrogens is 318 g/mol. The van der Waals surface area contributed by atoms with E-state index in [2.05, 4.69) is 15.3 Å². The van der Waals surface area contributed by atoms with Gasteiger partial charge >= 0.3 is 0 Å². The SMILES string of the molecule is COCc1cc(=O)[nH]c(SCC(=O)Nc2ccccc2OC)n1. The van der Waals surface area contributed by atoms with Crippen LogP contribution < -0.4 is 15.6 Å². The van der Waals surface area contributed by atoms with Gasteiger partial charge in [-0.1, -0.05) is 23.9 Å². The highest BCUT2D eigenvalue weighted by Crippen LogP contribution is 2.23. The second kappa shape index (κ2) is 8.35. The molecule has 2 rings (SSSR count). The number of nitrogens with one attached hydrogen (secondary N) is 2. The zero-order valence-electron chi connectivity index (χ0n) is 12.8. The van der Waals surface area contributed by atoms with Gasteiger partial charge in [-0.05, 0) is 12.1 Å². The Hall–Kier alpha value is -2.32. The van der Waals surface area contributed by atoms with Crippen LogP contribution in [-0.4, -0.2) is 35.8 Å². The number of anilines is 1. The molecule has 0 aliphatic rings. The number of benzene rings is 1. The summed E-state index contributed by atoms with van der Waals surface area (Å²) < 4.78 is 10.1. The van der Waals surface area contributed by atoms with E-state index in [1.54, 1.807) is 18.2 Å². The number of hydrogen-bond donors (Lipinski definition) is 2. The Balaban J connectivity index is 1.98. The number of H-pyrrole nitrogens is 1. The van der Waals surface area contributed by atoms with Gasteiger partial charge in [-0.15, -0.1) is 0 Å². The van der Waals surface area contributed by atoms with E-state index >= 15 is 0 Å². The molecule has 0 spiro atoms. The fraction of sp³-hybridized carbons (Fsp3) is 0.267. The van der Waals surface area contributed by atoms with Gasteiger partial charge in [-0.2, -0.15) is 0 Å². The van der Waals surface area contributed by atoms with E-state index in [-0.39, 0.29) is 23.8 Å². The van der Waals surface area contributed by atoms with Gasteiger partial charge in [-0.25, -0.2) is 4.98 Å². The lowest BCUT2D eigenvalue weighted by molar-refractivity contribution is -0.113. The fourth-order valence-corrected chi connectivity index (χ4v) is 2.54. The van der Waals surface area contributed by atoms with Gasteiger partial charge in [0.1, 0.15) is 5.75 Å². The van der Waals surface area contributed by atoms with Crippen LogP contribution in [0.4, 0.5) is 5.69 Å². The highest BCUT2D eigenvalue weighted by Gasteiger charge is 2.09. The lowest BCUT2D eigenvalue weighted by Crippen LogP contribution is -2.16. The highest BCUT2D eigenvalue weighted by molar-refractivity contribution is 7.99. The maximum Gasteiger partial charge on any atom is 0.251 e. The first-order valence-corrected chi connectivity index (χ1v) is 7.75. The molecule has 7 nitrogen and oxygen atoms in total. The van der Waals surface area contributed by atoms with Crippen molar-refractivity contribution in [1.82, 2.24) is 9.97 Å². The molecule has 2 N–H and O–H groups in total. The minimum Gasteiger partial charge on any atom is -0.495 e. The van der Waals surface area contributed by atoms with Crippen LogP contribution in [0.3, 0.4) is 0 Å². The number of aromatic nitrogens is 2. The van der Waals surface area contributed by atoms with Crippen molar-refractivity contribution < 1.29 is 14.3 Å². The van der Waals surface area contributed by atoms with Crippen LogP contribution in [-0.2, 0) is 16.1 Å². The van der Waals surface area contributed by atoms with Crippen LogP contribution >= 0.6 is 11.8 Å². The average Bonchev–Trinajstić information content (AvgIpc) is 2.53. The lowest BCUT2D eigenvalue weighted by atomic mass is 10.3. The number of amides is 1. The van der Waals surface area contributed by atoms with Gasteiger partial charge < -0.3 is 19.8 Å². The second-order valence-corrected chi connectivity index (χ2v) is 5.48. The van der Waals surface area contributed by atoms with Crippen molar-refractivity contribution in [3.8, 4) is 5.75 Å². The van der Waals surface area contributed by atoms with Crippen LogP contribution in [0.25, 0.3) is 0 Å². The van der Waals surface area contributed by atoms with Gasteiger partial charge in [0.15, 0.2) is 5.16 Å². The predicted octanol–water partition coefficient (Wildman–Crippen LogP) is 1.66. The monoisotopic (exact) mass is 335 g/mol. The summed E-state index contributed by atoms with van der Waals surface area (Å²) in [6, 6.07) is 8.50. The van der Waals surface area contributed by atoms with Crippen molar-refractivity contribution >= 4 is 23.4 Å². The molecule has 1 aromatic carbocycles. The van der Waals surface area contributed by atoms with E-state index in [1.165, 1.54) is 20.3 Å². The summed E-state index contributed by atoms with van der Waals surface area (Å²) in [5.41, 5.74) is 0.832. The molecule has 8 heteroatoms. The molecule has 23 heavy (non-hydrogen) atoms. The standard InChI is InChI=1S/C15H17N3O4S/c1-21-8-10-7-13(19)18-15(16-10)23-9-14(20)17-11-5-3-4-6-12(11)22-2/h3-7H,8-9H2,1-2H3,(H,17,20)(H,16,18,19). The molecule has 0 fully saturated rings. The number of nitrogens with zero attached hydrogens (tertiary/aromatic N) is 1. The lowest BCUT2D eigenvalue weighted by Gasteiger charge is -2.09. The number of hydrogen-bond acceptors (Lipinski definition) is 6. The topological polar surface area (TPSA) is 93.3 Å². The summed E-state index contributed by atoms with van der Waals surface area (Å²) in [7, 11) is 3.06. The molecule has 1 aromatic heterocycles. The molecule has 2 aromatic rings. The molecule has 0 unspecified atom stereocenters. The molecule has 0 radical (unpaired) electrons. The number of aromatic amines is 1. The largest absolute Gasteiger partial charge is 0.495 e. The number of thioether (sulfide) groups is 1. The predicted molar refractivity (Wildman–Crippen MR) is 87.9 cm³/mol. The Morgan fingerprint density at radius 2 is 2.13 bits per heavy atom. The third-order valence-corrected chi connectivity index (χ3v) is 3.66. The summed E-state index contributed by atoms with van der Waals surface area (Å²) in [5.74, 6) is 0.469. The summed E-state index contributed by atoms with van der Waals surface area (Å²) in [6.45, 7) is 0.241. The number of para-hydroxylation sites is 2. The number of methoxy groups -OCH3 is 2. The number of rotatable bonds is 7. The van der Waals surface area contributed by atoms with Crippen molar-refractivity contribution in [1.29, 1.82) is 0 Å². The van der Waals surface area contributed by atoms with Gasteiger partial charge in [-0.3, -0.25) is 9.59 Å². The summed E-state index contributed by atoms with van der Waals surface area (Å²) in [4.78, 5) is 30.3. The normalized spacial score (nSPS) is 10.3. The molecule has 0 aliphatic carbocycles. The van der Waals surface area contributed by atoms with Crippen LogP contribution in [0.2, 0.25) is 0 Å². The average molecular weight is 335 g/mol. The Kier molecular flexibility index (Phi) is 6.19. The van der Waals surface area contributed by atoms with Gasteiger partial charge in [0.2, 0.25) is 5.91 Å². The van der Waals surface area contributed by atoms with Gasteiger partial charge in [0.25, 0.3) is 5.56 Å². The van der Waals surface area contributed by atoms with Crippen LogP contribution in [0.1, 0.15) is 5.69 Å². The number of ether oxygens (including phenoxy) is 2. The van der Waals surface area contributed by atoms with E-state index < -0.39 is 0 Å². The summed E-state index contributed by atoms with van der Waals surface area (Å²) in [5, 5.41) is 3.13. The first-order valence-electron chi connectivity index (χ1n) is 6.77. The third-order valence-electron chi connectivity index (χ3n) is 2.79. The van der Waals surface area contributed by atoms with Gasteiger partial charge in [0, 0.05) is 13.2 Å². The van der Waals surface area contributed by atoms with Crippen molar-refractivity contribution in [2.45, 2.75) is 11.8 Å². The van der Waals surface area contributed by atoms with Gasteiger partial charge in [0.05, 0.1) is 30.9 Å². The quantitative estimate of drug-likeness (QED) is 0.590. The summed E-state index contributed by atoms with van der Waals surface area (Å²) in [6.07, 6.45) is 0. The Morgan fingerprint density at radius 3 is 2.87 bits per heavy atom. The van der Waals surface area contributed by atoms with Crippen molar-refractivity contribution in [2.75, 3.05) is 25.3 Å². The molecule has 1 amide bonds.